The molecule has 1 heterocycles. The van der Waals surface area contributed by atoms with E-state index in [1.54, 1.807) is 24.3 Å². The number of esters is 1. The SMILES string of the molecule is CC1=NC2=C(C(=O)CCC2)[C@H](c2ccc(O)cc2)C1C(=O)OC1CCCCC1. The number of rotatable bonds is 3. The smallest absolute Gasteiger partial charge is 0.315 e. The van der Waals surface area contributed by atoms with Crippen LogP contribution in [-0.4, -0.2) is 28.7 Å². The highest BCUT2D eigenvalue weighted by Gasteiger charge is 2.43. The van der Waals surface area contributed by atoms with Gasteiger partial charge in [0, 0.05) is 29.3 Å². The highest BCUT2D eigenvalue weighted by atomic mass is 16.5. The van der Waals surface area contributed by atoms with E-state index >= 15 is 0 Å². The molecule has 1 aromatic rings. The number of phenolic OH excluding ortho intramolecular Hbond substituents is 1. The molecule has 0 radical (unpaired) electrons. The number of ether oxygens (including phenoxy) is 1. The summed E-state index contributed by atoms with van der Waals surface area (Å²) < 4.78 is 5.89. The summed E-state index contributed by atoms with van der Waals surface area (Å²) in [7, 11) is 0. The number of hydrogen-bond acceptors (Lipinski definition) is 5. The molecule has 2 aliphatic carbocycles. The molecule has 1 aromatic carbocycles. The van der Waals surface area contributed by atoms with Crippen LogP contribution in [0.15, 0.2) is 40.5 Å². The molecule has 1 saturated carbocycles. The fraction of sp³-hybridized carbons (Fsp3) is 0.522. The fourth-order valence-corrected chi connectivity index (χ4v) is 4.77. The predicted octanol–water partition coefficient (Wildman–Crippen LogP) is 4.45. The topological polar surface area (TPSA) is 76.0 Å². The van der Waals surface area contributed by atoms with Crippen molar-refractivity contribution in [3.63, 3.8) is 0 Å². The van der Waals surface area contributed by atoms with Crippen LogP contribution in [0.25, 0.3) is 0 Å². The van der Waals surface area contributed by atoms with Gasteiger partial charge in [0.2, 0.25) is 0 Å². The molecular formula is C23H27NO4. The van der Waals surface area contributed by atoms with Crippen molar-refractivity contribution in [1.82, 2.24) is 0 Å². The number of benzene rings is 1. The molecule has 1 unspecified atom stereocenters. The van der Waals surface area contributed by atoms with Crippen molar-refractivity contribution in [3.8, 4) is 5.75 Å². The molecule has 0 bridgehead atoms. The van der Waals surface area contributed by atoms with E-state index in [9.17, 15) is 14.7 Å². The van der Waals surface area contributed by atoms with Crippen molar-refractivity contribution in [2.45, 2.75) is 70.3 Å². The van der Waals surface area contributed by atoms with Crippen LogP contribution in [-0.2, 0) is 14.3 Å². The Morgan fingerprint density at radius 3 is 2.50 bits per heavy atom. The van der Waals surface area contributed by atoms with Gasteiger partial charge in [0.05, 0.1) is 0 Å². The van der Waals surface area contributed by atoms with Crippen molar-refractivity contribution in [2.24, 2.45) is 10.9 Å². The first-order chi connectivity index (χ1) is 13.5. The van der Waals surface area contributed by atoms with Crippen molar-refractivity contribution >= 4 is 17.5 Å². The summed E-state index contributed by atoms with van der Waals surface area (Å²) >= 11 is 0. The molecule has 5 nitrogen and oxygen atoms in total. The Hall–Kier alpha value is -2.43. The van der Waals surface area contributed by atoms with Gasteiger partial charge in [-0.25, -0.2) is 0 Å². The molecular weight excluding hydrogens is 354 g/mol. The van der Waals surface area contributed by atoms with E-state index in [0.717, 1.165) is 49.8 Å². The number of ketones is 1. The molecule has 2 atom stereocenters. The summed E-state index contributed by atoms with van der Waals surface area (Å²) in [4.78, 5) is 30.7. The second-order valence-corrected chi connectivity index (χ2v) is 8.13. The first-order valence-electron chi connectivity index (χ1n) is 10.4. The van der Waals surface area contributed by atoms with E-state index in [4.69, 9.17) is 4.74 Å². The summed E-state index contributed by atoms with van der Waals surface area (Å²) in [6.45, 7) is 1.86. The van der Waals surface area contributed by atoms with Gasteiger partial charge in [0.15, 0.2) is 5.78 Å². The average molecular weight is 381 g/mol. The second kappa shape index (κ2) is 7.90. The normalized spacial score (nSPS) is 25.9. The van der Waals surface area contributed by atoms with Crippen molar-refractivity contribution in [1.29, 1.82) is 0 Å². The van der Waals surface area contributed by atoms with Gasteiger partial charge in [-0.15, -0.1) is 0 Å². The monoisotopic (exact) mass is 381 g/mol. The summed E-state index contributed by atoms with van der Waals surface area (Å²) in [6, 6.07) is 6.80. The number of hydrogen-bond donors (Lipinski definition) is 1. The summed E-state index contributed by atoms with van der Waals surface area (Å²) in [5.41, 5.74) is 3.04. The van der Waals surface area contributed by atoms with Crippen LogP contribution in [0.1, 0.15) is 69.8 Å². The van der Waals surface area contributed by atoms with Gasteiger partial charge in [-0.2, -0.15) is 0 Å². The Labute approximate surface area is 165 Å². The van der Waals surface area contributed by atoms with E-state index in [2.05, 4.69) is 4.99 Å². The molecule has 4 rings (SSSR count). The van der Waals surface area contributed by atoms with Crippen LogP contribution >= 0.6 is 0 Å². The van der Waals surface area contributed by atoms with Gasteiger partial charge in [0.25, 0.3) is 0 Å². The van der Waals surface area contributed by atoms with Crippen LogP contribution in [0.3, 0.4) is 0 Å². The van der Waals surface area contributed by atoms with Crippen LogP contribution in [0.2, 0.25) is 0 Å². The lowest BCUT2D eigenvalue weighted by atomic mass is 9.71. The maximum atomic E-state index is 13.2. The first-order valence-corrected chi connectivity index (χ1v) is 10.4. The Balaban J connectivity index is 1.71. The molecule has 3 aliphatic rings. The maximum Gasteiger partial charge on any atom is 0.315 e. The van der Waals surface area contributed by atoms with Gasteiger partial charge >= 0.3 is 5.97 Å². The van der Waals surface area contributed by atoms with Crippen LogP contribution < -0.4 is 0 Å². The van der Waals surface area contributed by atoms with Gasteiger partial charge in [-0.1, -0.05) is 18.6 Å². The van der Waals surface area contributed by atoms with Crippen LogP contribution in [0.4, 0.5) is 0 Å². The molecule has 0 spiro atoms. The van der Waals surface area contributed by atoms with Crippen LogP contribution in [0.5, 0.6) is 5.75 Å². The standard InChI is InChI=1S/C23H27NO4/c1-14-20(23(27)28-17-6-3-2-4-7-17)21(15-10-12-16(25)13-11-15)22-18(24-14)8-5-9-19(22)26/h10-13,17,20-21,25H,2-9H2,1H3/t20?,21-/m1/s1. The molecule has 1 N–H and O–H groups in total. The zero-order valence-electron chi connectivity index (χ0n) is 16.3. The molecule has 1 aliphatic heterocycles. The molecule has 0 saturated heterocycles. The lowest BCUT2D eigenvalue weighted by Crippen LogP contribution is -2.38. The molecule has 1 fully saturated rings. The number of phenols is 1. The second-order valence-electron chi connectivity index (χ2n) is 8.13. The number of aliphatic imine (C=N–C) groups is 1. The zero-order valence-corrected chi connectivity index (χ0v) is 16.3. The lowest BCUT2D eigenvalue weighted by Gasteiger charge is -2.35. The highest BCUT2D eigenvalue weighted by molar-refractivity contribution is 6.08. The van der Waals surface area contributed by atoms with E-state index < -0.39 is 11.8 Å². The third-order valence-corrected chi connectivity index (χ3v) is 6.18. The first kappa shape index (κ1) is 18.9. The number of carbonyl (C=O) groups is 2. The fourth-order valence-electron chi connectivity index (χ4n) is 4.77. The largest absolute Gasteiger partial charge is 0.508 e. The Kier molecular flexibility index (Phi) is 5.33. The number of nitrogens with zero attached hydrogens (tertiary/aromatic N) is 1. The van der Waals surface area contributed by atoms with Gasteiger partial charge in [-0.3, -0.25) is 14.6 Å². The van der Waals surface area contributed by atoms with E-state index in [1.807, 2.05) is 6.92 Å². The minimum Gasteiger partial charge on any atom is -0.508 e. The van der Waals surface area contributed by atoms with E-state index in [1.165, 1.54) is 6.42 Å². The van der Waals surface area contributed by atoms with Crippen molar-refractivity contribution in [3.05, 3.63) is 41.1 Å². The predicted molar refractivity (Wildman–Crippen MR) is 106 cm³/mol. The lowest BCUT2D eigenvalue weighted by molar-refractivity contribution is -0.153. The molecule has 148 valence electrons. The average Bonchev–Trinajstić information content (AvgIpc) is 2.68. The minimum atomic E-state index is -0.590. The summed E-state index contributed by atoms with van der Waals surface area (Å²) in [5.74, 6) is -1.03. The Morgan fingerprint density at radius 2 is 1.79 bits per heavy atom. The molecule has 0 aromatic heterocycles. The molecule has 28 heavy (non-hydrogen) atoms. The number of Topliss-reactive ketones (excluding diaryl/α,β-unsaturated/α-hetero) is 1. The number of allylic oxidation sites excluding steroid dienone is 2. The minimum absolute atomic E-state index is 0.0352. The summed E-state index contributed by atoms with van der Waals surface area (Å²) in [6.07, 6.45) is 7.20. The van der Waals surface area contributed by atoms with Crippen LogP contribution in [0, 0.1) is 5.92 Å². The van der Waals surface area contributed by atoms with E-state index in [0.29, 0.717) is 17.7 Å². The molecule has 5 heteroatoms. The summed E-state index contributed by atoms with van der Waals surface area (Å²) in [5, 5.41) is 9.69. The van der Waals surface area contributed by atoms with Gasteiger partial charge in [0.1, 0.15) is 17.8 Å². The van der Waals surface area contributed by atoms with Crippen molar-refractivity contribution < 1.29 is 19.4 Å². The van der Waals surface area contributed by atoms with Gasteiger partial charge in [-0.05, 0) is 63.1 Å². The molecule has 0 amide bonds. The number of carbonyl (C=O) groups excluding carboxylic acids is 2. The quantitative estimate of drug-likeness (QED) is 0.785. The third kappa shape index (κ3) is 3.62. The maximum absolute atomic E-state index is 13.2. The highest BCUT2D eigenvalue weighted by Crippen LogP contribution is 2.44. The van der Waals surface area contributed by atoms with E-state index in [-0.39, 0.29) is 23.6 Å². The Bertz CT molecular complexity index is 831. The third-order valence-electron chi connectivity index (χ3n) is 6.18. The Morgan fingerprint density at radius 1 is 1.07 bits per heavy atom. The number of aromatic hydroxyl groups is 1. The van der Waals surface area contributed by atoms with Crippen molar-refractivity contribution in [2.75, 3.05) is 0 Å². The zero-order chi connectivity index (χ0) is 19.7. The van der Waals surface area contributed by atoms with Gasteiger partial charge < -0.3 is 9.84 Å².